The van der Waals surface area contributed by atoms with Crippen LogP contribution in [0.25, 0.3) is 0 Å². The average molecular weight is 408 g/mol. The number of hydrogen-bond acceptors (Lipinski definition) is 3. The number of allylic oxidation sites excluding steroid dienone is 2. The van der Waals surface area contributed by atoms with Crippen LogP contribution >= 0.6 is 11.6 Å². The van der Waals surface area contributed by atoms with E-state index in [0.717, 1.165) is 42.8 Å². The summed E-state index contributed by atoms with van der Waals surface area (Å²) in [5, 5.41) is 4.47. The first-order chi connectivity index (χ1) is 14.2. The lowest BCUT2D eigenvalue weighted by Gasteiger charge is -2.37. The van der Waals surface area contributed by atoms with E-state index in [1.807, 2.05) is 30.3 Å². The van der Waals surface area contributed by atoms with Crippen molar-refractivity contribution < 1.29 is 9.53 Å². The monoisotopic (exact) mass is 407 g/mol. The number of anilines is 1. The van der Waals surface area contributed by atoms with Gasteiger partial charge < -0.3 is 10.1 Å². The van der Waals surface area contributed by atoms with E-state index < -0.39 is 0 Å². The summed E-state index contributed by atoms with van der Waals surface area (Å²) in [6.45, 7) is 0. The van der Waals surface area contributed by atoms with Crippen LogP contribution in [0.15, 0.2) is 54.6 Å². The molecule has 0 saturated heterocycles. The molecule has 4 heteroatoms. The molecule has 5 rings (SSSR count). The summed E-state index contributed by atoms with van der Waals surface area (Å²) in [6.07, 6.45) is 11.2. The lowest BCUT2D eigenvalue weighted by molar-refractivity contribution is 0.0211. The van der Waals surface area contributed by atoms with E-state index in [0.29, 0.717) is 17.4 Å². The molecule has 0 unspecified atom stereocenters. The maximum absolute atomic E-state index is 12.7. The molecular formula is C25H26ClNO2. The highest BCUT2D eigenvalue weighted by atomic mass is 35.5. The number of esters is 1. The molecule has 0 radical (unpaired) electrons. The number of nitrogens with one attached hydrogen (secondary N) is 1. The second-order valence-electron chi connectivity index (χ2n) is 8.49. The molecule has 0 amide bonds. The second kappa shape index (κ2) is 7.87. The van der Waals surface area contributed by atoms with Crippen LogP contribution in [0, 0.1) is 5.92 Å². The fraction of sp³-hybridized carbons (Fsp3) is 0.400. The Morgan fingerprint density at radius 2 is 1.83 bits per heavy atom. The third kappa shape index (κ3) is 3.69. The summed E-state index contributed by atoms with van der Waals surface area (Å²) >= 11 is 6.08. The molecular weight excluding hydrogens is 382 g/mol. The Balaban J connectivity index is 1.41. The van der Waals surface area contributed by atoms with Crippen LogP contribution in [-0.4, -0.2) is 12.1 Å². The zero-order valence-corrected chi connectivity index (χ0v) is 17.2. The van der Waals surface area contributed by atoms with Crippen molar-refractivity contribution in [2.75, 3.05) is 5.32 Å². The molecule has 2 aliphatic carbocycles. The highest BCUT2D eigenvalue weighted by Gasteiger charge is 2.38. The van der Waals surface area contributed by atoms with Crippen molar-refractivity contribution in [3.8, 4) is 0 Å². The van der Waals surface area contributed by atoms with Crippen LogP contribution in [0.2, 0.25) is 5.02 Å². The minimum Gasteiger partial charge on any atom is -0.459 e. The molecule has 1 heterocycles. The van der Waals surface area contributed by atoms with Gasteiger partial charge in [0.05, 0.1) is 11.6 Å². The second-order valence-corrected chi connectivity index (χ2v) is 8.93. The Kier molecular flexibility index (Phi) is 5.09. The smallest absolute Gasteiger partial charge is 0.338 e. The van der Waals surface area contributed by atoms with Crippen molar-refractivity contribution in [3.05, 3.63) is 76.3 Å². The molecule has 1 aliphatic heterocycles. The van der Waals surface area contributed by atoms with Gasteiger partial charge in [0.2, 0.25) is 0 Å². The lowest BCUT2D eigenvalue weighted by atomic mass is 9.76. The van der Waals surface area contributed by atoms with Crippen LogP contribution in [0.1, 0.15) is 72.0 Å². The van der Waals surface area contributed by atoms with Gasteiger partial charge in [-0.2, -0.15) is 0 Å². The van der Waals surface area contributed by atoms with E-state index in [1.54, 1.807) is 0 Å². The normalized spacial score (nSPS) is 25.8. The van der Waals surface area contributed by atoms with Crippen LogP contribution in [0.5, 0.6) is 0 Å². The number of benzene rings is 2. The van der Waals surface area contributed by atoms with Gasteiger partial charge in [0.25, 0.3) is 0 Å². The predicted octanol–water partition coefficient (Wildman–Crippen LogP) is 6.66. The van der Waals surface area contributed by atoms with Gasteiger partial charge >= 0.3 is 5.97 Å². The van der Waals surface area contributed by atoms with Gasteiger partial charge in [0.15, 0.2) is 0 Å². The summed E-state index contributed by atoms with van der Waals surface area (Å²) in [5.41, 5.74) is 4.22. The summed E-state index contributed by atoms with van der Waals surface area (Å²) in [7, 11) is 0. The number of carbonyl (C=O) groups excluding carboxylic acids is 1. The highest BCUT2D eigenvalue weighted by molar-refractivity contribution is 6.30. The molecule has 2 aromatic carbocycles. The molecule has 3 nitrogen and oxygen atoms in total. The van der Waals surface area contributed by atoms with E-state index in [4.69, 9.17) is 16.3 Å². The van der Waals surface area contributed by atoms with Crippen molar-refractivity contribution in [2.24, 2.45) is 5.92 Å². The molecule has 150 valence electrons. The van der Waals surface area contributed by atoms with Gasteiger partial charge in [-0.25, -0.2) is 4.79 Å². The van der Waals surface area contributed by atoms with Crippen molar-refractivity contribution in [2.45, 2.75) is 56.6 Å². The number of halogens is 1. The topological polar surface area (TPSA) is 38.3 Å². The van der Waals surface area contributed by atoms with Gasteiger partial charge in [-0.05, 0) is 79.5 Å². The maximum Gasteiger partial charge on any atom is 0.338 e. The van der Waals surface area contributed by atoms with E-state index >= 15 is 0 Å². The molecule has 0 spiro atoms. The Hall–Kier alpha value is -2.26. The predicted molar refractivity (Wildman–Crippen MR) is 117 cm³/mol. The van der Waals surface area contributed by atoms with Crippen molar-refractivity contribution in [3.63, 3.8) is 0 Å². The van der Waals surface area contributed by atoms with Gasteiger partial charge in [0.1, 0.15) is 6.10 Å². The largest absolute Gasteiger partial charge is 0.459 e. The molecule has 29 heavy (non-hydrogen) atoms. The summed E-state index contributed by atoms with van der Waals surface area (Å²) in [4.78, 5) is 12.7. The lowest BCUT2D eigenvalue weighted by Crippen LogP contribution is -2.29. The van der Waals surface area contributed by atoms with E-state index in [-0.39, 0.29) is 18.1 Å². The van der Waals surface area contributed by atoms with Crippen LogP contribution in [0.4, 0.5) is 5.69 Å². The van der Waals surface area contributed by atoms with Crippen molar-refractivity contribution >= 4 is 23.3 Å². The van der Waals surface area contributed by atoms with Gasteiger partial charge in [-0.3, -0.25) is 0 Å². The van der Waals surface area contributed by atoms with E-state index in [1.165, 1.54) is 17.5 Å². The van der Waals surface area contributed by atoms with Crippen LogP contribution < -0.4 is 5.32 Å². The standard InChI is InChI=1S/C25H26ClNO2/c26-18-12-9-16(10-13-18)24-21-8-4-7-20(21)22-15-17(11-14-23(22)27-24)25(28)29-19-5-2-1-3-6-19/h4,7,9-15,19-21,24,27H,1-3,5-6,8H2/t20-,21-,24+/m0/s1. The Bertz CT molecular complexity index is 930. The molecule has 1 N–H and O–H groups in total. The SMILES string of the molecule is O=C(OC1CCCCC1)c1ccc2c(c1)[C@H]1C=CC[C@@H]1[C@@H](c1ccc(Cl)cc1)N2. The zero-order chi connectivity index (χ0) is 19.8. The van der Waals surface area contributed by atoms with Gasteiger partial charge in [-0.1, -0.05) is 42.3 Å². The number of rotatable bonds is 3. The number of carbonyl (C=O) groups is 1. The first-order valence-corrected chi connectivity index (χ1v) is 11.1. The molecule has 0 aromatic heterocycles. The average Bonchev–Trinajstić information content (AvgIpc) is 3.24. The molecule has 3 aliphatic rings. The minimum absolute atomic E-state index is 0.0822. The van der Waals surface area contributed by atoms with Gasteiger partial charge in [0, 0.05) is 16.6 Å². The Morgan fingerprint density at radius 1 is 1.03 bits per heavy atom. The third-order valence-corrected chi connectivity index (χ3v) is 6.91. The third-order valence-electron chi connectivity index (χ3n) is 6.65. The quantitative estimate of drug-likeness (QED) is 0.456. The first-order valence-electron chi connectivity index (χ1n) is 10.7. The fourth-order valence-electron chi connectivity index (χ4n) is 5.12. The molecule has 0 bridgehead atoms. The van der Waals surface area contributed by atoms with Crippen LogP contribution in [0.3, 0.4) is 0 Å². The molecule has 1 saturated carbocycles. The minimum atomic E-state index is -0.182. The Labute approximate surface area is 177 Å². The maximum atomic E-state index is 12.7. The number of ether oxygens (including phenoxy) is 1. The first kappa shape index (κ1) is 18.7. The number of hydrogen-bond donors (Lipinski definition) is 1. The van der Waals surface area contributed by atoms with E-state index in [2.05, 4.69) is 29.6 Å². The summed E-state index contributed by atoms with van der Waals surface area (Å²) < 4.78 is 5.79. The molecule has 2 aromatic rings. The fourth-order valence-corrected chi connectivity index (χ4v) is 5.25. The van der Waals surface area contributed by atoms with Crippen LogP contribution in [-0.2, 0) is 4.74 Å². The molecule has 1 fully saturated rings. The number of fused-ring (bicyclic) bond motifs is 3. The summed E-state index contributed by atoms with van der Waals surface area (Å²) in [5.74, 6) is 0.570. The van der Waals surface area contributed by atoms with Gasteiger partial charge in [-0.15, -0.1) is 0 Å². The molecule has 3 atom stereocenters. The zero-order valence-electron chi connectivity index (χ0n) is 16.4. The van der Waals surface area contributed by atoms with Crippen molar-refractivity contribution in [1.82, 2.24) is 0 Å². The van der Waals surface area contributed by atoms with E-state index in [9.17, 15) is 4.79 Å². The Morgan fingerprint density at radius 3 is 2.62 bits per heavy atom. The summed E-state index contributed by atoms with van der Waals surface area (Å²) in [6, 6.07) is 14.3. The van der Waals surface area contributed by atoms with Crippen molar-refractivity contribution in [1.29, 1.82) is 0 Å². The highest BCUT2D eigenvalue weighted by Crippen LogP contribution is 2.50.